The van der Waals surface area contributed by atoms with Gasteiger partial charge in [-0.2, -0.15) is 0 Å². The topological polar surface area (TPSA) is 15.3 Å². The zero-order chi connectivity index (χ0) is 8.27. The summed E-state index contributed by atoms with van der Waals surface area (Å²) in [5.41, 5.74) is 1.41. The second kappa shape index (κ2) is 3.46. The van der Waals surface area contributed by atoms with E-state index in [-0.39, 0.29) is 0 Å². The lowest BCUT2D eigenvalue weighted by Crippen LogP contribution is -2.22. The Morgan fingerprint density at radius 2 is 2.27 bits per heavy atom. The fourth-order valence-corrected chi connectivity index (χ4v) is 1.48. The van der Waals surface area contributed by atoms with Crippen LogP contribution in [0.3, 0.4) is 0 Å². The van der Waals surface area contributed by atoms with Crippen LogP contribution in [0.4, 0.5) is 0 Å². The molecular weight excluding hydrogens is 136 g/mol. The summed E-state index contributed by atoms with van der Waals surface area (Å²) in [4.78, 5) is 2.25. The van der Waals surface area contributed by atoms with Crippen LogP contribution in [0.15, 0.2) is 23.5 Å². The van der Waals surface area contributed by atoms with E-state index in [1.54, 1.807) is 0 Å². The van der Waals surface area contributed by atoms with Gasteiger partial charge in [0.2, 0.25) is 0 Å². The number of hydrogen-bond acceptors (Lipinski definition) is 2. The van der Waals surface area contributed by atoms with Crippen LogP contribution in [0.1, 0.15) is 13.3 Å². The van der Waals surface area contributed by atoms with Crippen molar-refractivity contribution in [1.82, 2.24) is 10.2 Å². The molecule has 2 heteroatoms. The SMILES string of the molecule is C/C=C\C1=C(NC)N(C)CC1. The van der Waals surface area contributed by atoms with E-state index in [4.69, 9.17) is 0 Å². The Bertz CT molecular complexity index is 192. The quantitative estimate of drug-likeness (QED) is 0.642. The first-order valence-corrected chi connectivity index (χ1v) is 4.04. The number of allylic oxidation sites excluding steroid dienone is 2. The maximum Gasteiger partial charge on any atom is 0.104 e. The maximum absolute atomic E-state index is 3.20. The van der Waals surface area contributed by atoms with Gasteiger partial charge in [0.1, 0.15) is 5.82 Å². The molecule has 1 rings (SSSR count). The lowest BCUT2D eigenvalue weighted by molar-refractivity contribution is 0.433. The number of rotatable bonds is 2. The molecule has 0 aromatic carbocycles. The molecule has 1 N–H and O–H groups in total. The highest BCUT2D eigenvalue weighted by atomic mass is 15.2. The van der Waals surface area contributed by atoms with E-state index in [0.29, 0.717) is 0 Å². The summed E-state index contributed by atoms with van der Waals surface area (Å²) >= 11 is 0. The van der Waals surface area contributed by atoms with Crippen LogP contribution in [0.25, 0.3) is 0 Å². The number of nitrogens with one attached hydrogen (secondary N) is 1. The van der Waals surface area contributed by atoms with Crippen LogP contribution in [-0.4, -0.2) is 25.5 Å². The van der Waals surface area contributed by atoms with Crippen molar-refractivity contribution in [2.24, 2.45) is 0 Å². The molecule has 0 atom stereocenters. The second-order valence-electron chi connectivity index (χ2n) is 2.80. The number of hydrogen-bond donors (Lipinski definition) is 1. The predicted octanol–water partition coefficient (Wildman–Crippen LogP) is 1.33. The van der Waals surface area contributed by atoms with Crippen molar-refractivity contribution < 1.29 is 0 Å². The standard InChI is InChI=1S/C9H16N2/c1-4-5-8-6-7-11(3)9(8)10-2/h4-5,10H,6-7H2,1-3H3/b5-4-. The van der Waals surface area contributed by atoms with Gasteiger partial charge in [0.15, 0.2) is 0 Å². The van der Waals surface area contributed by atoms with E-state index < -0.39 is 0 Å². The lowest BCUT2D eigenvalue weighted by atomic mass is 10.2. The van der Waals surface area contributed by atoms with E-state index in [0.717, 1.165) is 13.0 Å². The highest BCUT2D eigenvalue weighted by molar-refractivity contribution is 5.27. The molecule has 0 saturated heterocycles. The Labute approximate surface area is 68.6 Å². The van der Waals surface area contributed by atoms with Crippen LogP contribution in [-0.2, 0) is 0 Å². The molecule has 0 saturated carbocycles. The van der Waals surface area contributed by atoms with Crippen LogP contribution in [0.5, 0.6) is 0 Å². The molecule has 0 unspecified atom stereocenters. The Hall–Kier alpha value is -0.920. The molecule has 0 spiro atoms. The maximum atomic E-state index is 3.20. The Morgan fingerprint density at radius 3 is 2.82 bits per heavy atom. The monoisotopic (exact) mass is 152 g/mol. The average molecular weight is 152 g/mol. The molecule has 0 aromatic rings. The lowest BCUT2D eigenvalue weighted by Gasteiger charge is -2.15. The van der Waals surface area contributed by atoms with Gasteiger partial charge in [-0.15, -0.1) is 0 Å². The molecule has 0 amide bonds. The van der Waals surface area contributed by atoms with E-state index in [2.05, 4.69) is 36.3 Å². The molecule has 0 aliphatic carbocycles. The summed E-state index contributed by atoms with van der Waals surface area (Å²) in [6.45, 7) is 3.19. The normalized spacial score (nSPS) is 18.6. The molecule has 62 valence electrons. The van der Waals surface area contributed by atoms with Crippen molar-refractivity contribution in [1.29, 1.82) is 0 Å². The van der Waals surface area contributed by atoms with Gasteiger partial charge in [0, 0.05) is 20.6 Å². The molecular formula is C9H16N2. The highest BCUT2D eigenvalue weighted by Crippen LogP contribution is 2.19. The second-order valence-corrected chi connectivity index (χ2v) is 2.80. The van der Waals surface area contributed by atoms with Crippen LogP contribution < -0.4 is 5.32 Å². The molecule has 1 aliphatic rings. The first-order valence-electron chi connectivity index (χ1n) is 4.04. The van der Waals surface area contributed by atoms with E-state index in [1.165, 1.54) is 11.4 Å². The molecule has 1 aliphatic heterocycles. The molecule has 0 aromatic heterocycles. The summed E-state index contributed by atoms with van der Waals surface area (Å²) in [5, 5.41) is 3.20. The molecule has 0 radical (unpaired) electrons. The van der Waals surface area contributed by atoms with Crippen molar-refractivity contribution in [3.05, 3.63) is 23.5 Å². The minimum Gasteiger partial charge on any atom is -0.375 e. The third kappa shape index (κ3) is 1.56. The van der Waals surface area contributed by atoms with Crippen molar-refractivity contribution in [3.63, 3.8) is 0 Å². The summed E-state index contributed by atoms with van der Waals surface area (Å²) < 4.78 is 0. The zero-order valence-electron chi connectivity index (χ0n) is 7.52. The zero-order valence-corrected chi connectivity index (χ0v) is 7.52. The fraction of sp³-hybridized carbons (Fsp3) is 0.556. The van der Waals surface area contributed by atoms with Gasteiger partial charge in [-0.3, -0.25) is 0 Å². The van der Waals surface area contributed by atoms with Crippen molar-refractivity contribution in [2.75, 3.05) is 20.6 Å². The molecule has 0 fully saturated rings. The Morgan fingerprint density at radius 1 is 1.55 bits per heavy atom. The largest absolute Gasteiger partial charge is 0.375 e. The van der Waals surface area contributed by atoms with Gasteiger partial charge >= 0.3 is 0 Å². The van der Waals surface area contributed by atoms with Gasteiger partial charge in [0.25, 0.3) is 0 Å². The molecule has 0 bridgehead atoms. The smallest absolute Gasteiger partial charge is 0.104 e. The van der Waals surface area contributed by atoms with Crippen LogP contribution in [0, 0.1) is 0 Å². The van der Waals surface area contributed by atoms with Crippen molar-refractivity contribution in [2.45, 2.75) is 13.3 Å². The van der Waals surface area contributed by atoms with Gasteiger partial charge in [0.05, 0.1) is 0 Å². The van der Waals surface area contributed by atoms with Crippen molar-refractivity contribution in [3.8, 4) is 0 Å². The first kappa shape index (κ1) is 8.18. The summed E-state index contributed by atoms with van der Waals surface area (Å²) in [7, 11) is 4.09. The molecule has 2 nitrogen and oxygen atoms in total. The summed E-state index contributed by atoms with van der Waals surface area (Å²) in [5.74, 6) is 1.27. The Balaban J connectivity index is 2.79. The first-order chi connectivity index (χ1) is 5.29. The predicted molar refractivity (Wildman–Crippen MR) is 48.1 cm³/mol. The van der Waals surface area contributed by atoms with E-state index in [1.807, 2.05) is 7.05 Å². The van der Waals surface area contributed by atoms with Crippen molar-refractivity contribution >= 4 is 0 Å². The van der Waals surface area contributed by atoms with Gasteiger partial charge < -0.3 is 10.2 Å². The number of nitrogens with zero attached hydrogens (tertiary/aromatic N) is 1. The fourth-order valence-electron chi connectivity index (χ4n) is 1.48. The van der Waals surface area contributed by atoms with E-state index in [9.17, 15) is 0 Å². The average Bonchev–Trinajstić information content (AvgIpc) is 2.33. The van der Waals surface area contributed by atoms with E-state index >= 15 is 0 Å². The van der Waals surface area contributed by atoms with Gasteiger partial charge in [-0.25, -0.2) is 0 Å². The molecule has 11 heavy (non-hydrogen) atoms. The summed E-state index contributed by atoms with van der Waals surface area (Å²) in [6, 6.07) is 0. The third-order valence-corrected chi connectivity index (χ3v) is 2.01. The molecule has 1 heterocycles. The minimum atomic E-state index is 1.13. The highest BCUT2D eigenvalue weighted by Gasteiger charge is 2.14. The Kier molecular flexibility index (Phi) is 2.58. The van der Waals surface area contributed by atoms with Crippen LogP contribution in [0.2, 0.25) is 0 Å². The minimum absolute atomic E-state index is 1.13. The van der Waals surface area contributed by atoms with Crippen LogP contribution >= 0.6 is 0 Å². The van der Waals surface area contributed by atoms with Gasteiger partial charge in [-0.1, -0.05) is 12.2 Å². The third-order valence-electron chi connectivity index (χ3n) is 2.01. The summed E-state index contributed by atoms with van der Waals surface area (Å²) in [6.07, 6.45) is 5.43. The van der Waals surface area contributed by atoms with Gasteiger partial charge in [-0.05, 0) is 18.9 Å².